The van der Waals surface area contributed by atoms with Crippen molar-refractivity contribution in [1.29, 1.82) is 0 Å². The van der Waals surface area contributed by atoms with Crippen LogP contribution >= 0.6 is 0 Å². The summed E-state index contributed by atoms with van der Waals surface area (Å²) < 4.78 is 5.78. The Balaban J connectivity index is 1.82. The molecule has 166 valence electrons. The van der Waals surface area contributed by atoms with Gasteiger partial charge in [0.25, 0.3) is 5.91 Å². The third kappa shape index (κ3) is 6.45. The molecule has 0 fully saturated rings. The predicted octanol–water partition coefficient (Wildman–Crippen LogP) is 4.01. The van der Waals surface area contributed by atoms with Crippen molar-refractivity contribution in [3.05, 3.63) is 102 Å². The van der Waals surface area contributed by atoms with E-state index in [1.807, 2.05) is 84.9 Å². The van der Waals surface area contributed by atoms with Gasteiger partial charge in [-0.1, -0.05) is 79.7 Å². The van der Waals surface area contributed by atoms with Gasteiger partial charge in [0.1, 0.15) is 11.8 Å². The summed E-state index contributed by atoms with van der Waals surface area (Å²) in [7, 11) is 1.59. The highest BCUT2D eigenvalue weighted by Crippen LogP contribution is 2.17. The molecule has 0 aliphatic heterocycles. The molecule has 0 heterocycles. The molecule has 0 aliphatic rings. The molecule has 0 saturated heterocycles. The number of carbonyl (C=O) groups excluding carboxylic acids is 2. The minimum atomic E-state index is -0.652. The summed E-state index contributed by atoms with van der Waals surface area (Å²) in [6, 6.07) is 26.5. The van der Waals surface area contributed by atoms with E-state index in [-0.39, 0.29) is 18.4 Å². The van der Waals surface area contributed by atoms with Crippen LogP contribution in [0.1, 0.15) is 23.6 Å². The average molecular weight is 431 g/mol. The Labute approximate surface area is 190 Å². The van der Waals surface area contributed by atoms with Gasteiger partial charge in [-0.3, -0.25) is 9.59 Å². The van der Waals surface area contributed by atoms with Crippen molar-refractivity contribution < 1.29 is 14.3 Å². The van der Waals surface area contributed by atoms with Crippen LogP contribution in [0.4, 0.5) is 0 Å². The lowest BCUT2D eigenvalue weighted by Crippen LogP contribution is -2.51. The van der Waals surface area contributed by atoms with E-state index in [1.54, 1.807) is 11.9 Å². The third-order valence-corrected chi connectivity index (χ3v) is 5.41. The zero-order chi connectivity index (χ0) is 22.8. The Morgan fingerprint density at radius 3 is 2.00 bits per heavy atom. The van der Waals surface area contributed by atoms with Crippen LogP contribution in [0.2, 0.25) is 0 Å². The molecule has 1 atom stereocenters. The number of aryl methyl sites for hydroxylation is 1. The van der Waals surface area contributed by atoms with Crippen LogP contribution in [0.3, 0.4) is 0 Å². The largest absolute Gasteiger partial charge is 0.484 e. The SMILES string of the molecule is CCc1ccc(OCC(=O)N(Cc2ccccc2)C(Cc2ccccc2)C(=O)NC)cc1. The van der Waals surface area contributed by atoms with Gasteiger partial charge in [-0.25, -0.2) is 0 Å². The summed E-state index contributed by atoms with van der Waals surface area (Å²) in [6.07, 6.45) is 1.36. The maximum Gasteiger partial charge on any atom is 0.261 e. The van der Waals surface area contributed by atoms with E-state index in [4.69, 9.17) is 4.74 Å². The van der Waals surface area contributed by atoms with Crippen LogP contribution in [-0.4, -0.2) is 36.4 Å². The quantitative estimate of drug-likeness (QED) is 0.529. The van der Waals surface area contributed by atoms with Crippen molar-refractivity contribution in [2.75, 3.05) is 13.7 Å². The lowest BCUT2D eigenvalue weighted by Gasteiger charge is -2.31. The molecule has 1 unspecified atom stereocenters. The lowest BCUT2D eigenvalue weighted by atomic mass is 10.0. The number of carbonyl (C=O) groups is 2. The first-order valence-corrected chi connectivity index (χ1v) is 10.9. The fraction of sp³-hybridized carbons (Fsp3) is 0.259. The van der Waals surface area contributed by atoms with E-state index in [1.165, 1.54) is 5.56 Å². The van der Waals surface area contributed by atoms with Gasteiger partial charge in [-0.2, -0.15) is 0 Å². The summed E-state index contributed by atoms with van der Waals surface area (Å²) >= 11 is 0. The molecular weight excluding hydrogens is 400 g/mol. The second-order valence-electron chi connectivity index (χ2n) is 7.61. The number of hydrogen-bond donors (Lipinski definition) is 1. The number of rotatable bonds is 10. The summed E-state index contributed by atoms with van der Waals surface area (Å²) in [4.78, 5) is 27.8. The molecule has 3 aromatic rings. The Morgan fingerprint density at radius 2 is 1.44 bits per heavy atom. The third-order valence-electron chi connectivity index (χ3n) is 5.41. The summed E-state index contributed by atoms with van der Waals surface area (Å²) in [5, 5.41) is 2.72. The normalized spacial score (nSPS) is 11.4. The van der Waals surface area contributed by atoms with Crippen LogP contribution in [-0.2, 0) is 29.0 Å². The molecule has 0 bridgehead atoms. The monoisotopic (exact) mass is 430 g/mol. The van der Waals surface area contributed by atoms with Crippen LogP contribution < -0.4 is 10.1 Å². The van der Waals surface area contributed by atoms with E-state index in [0.29, 0.717) is 18.7 Å². The molecule has 0 aliphatic carbocycles. The standard InChI is InChI=1S/C27H30N2O3/c1-3-21-14-16-24(17-15-21)32-20-26(30)29(19-23-12-8-5-9-13-23)25(27(31)28-2)18-22-10-6-4-7-11-22/h4-17,25H,3,18-20H2,1-2H3,(H,28,31). The van der Waals surface area contributed by atoms with Crippen molar-refractivity contribution in [1.82, 2.24) is 10.2 Å². The van der Waals surface area contributed by atoms with Gasteiger partial charge in [0.15, 0.2) is 6.61 Å². The molecule has 0 aromatic heterocycles. The van der Waals surface area contributed by atoms with Crippen molar-refractivity contribution >= 4 is 11.8 Å². The minimum Gasteiger partial charge on any atom is -0.484 e. The number of nitrogens with one attached hydrogen (secondary N) is 1. The molecule has 0 spiro atoms. The molecule has 0 radical (unpaired) electrons. The summed E-state index contributed by atoms with van der Waals surface area (Å²) in [5.74, 6) is 0.193. The molecule has 3 rings (SSSR count). The highest BCUT2D eigenvalue weighted by molar-refractivity contribution is 5.88. The maximum absolute atomic E-state index is 13.3. The van der Waals surface area contributed by atoms with Crippen molar-refractivity contribution in [2.45, 2.75) is 32.4 Å². The smallest absolute Gasteiger partial charge is 0.261 e. The van der Waals surface area contributed by atoms with Crippen LogP contribution in [0.25, 0.3) is 0 Å². The number of likely N-dealkylation sites (N-methyl/N-ethyl adjacent to an activating group) is 1. The molecule has 0 saturated carbocycles. The highest BCUT2D eigenvalue weighted by Gasteiger charge is 2.30. The molecule has 3 aromatic carbocycles. The fourth-order valence-corrected chi connectivity index (χ4v) is 3.55. The van der Waals surface area contributed by atoms with Gasteiger partial charge in [0.2, 0.25) is 5.91 Å². The molecular formula is C27H30N2O3. The summed E-state index contributed by atoms with van der Waals surface area (Å²) in [5.41, 5.74) is 3.15. The predicted molar refractivity (Wildman–Crippen MR) is 126 cm³/mol. The van der Waals surface area contributed by atoms with E-state index in [9.17, 15) is 9.59 Å². The lowest BCUT2D eigenvalue weighted by molar-refractivity contribution is -0.142. The van der Waals surface area contributed by atoms with Gasteiger partial charge in [-0.05, 0) is 35.2 Å². The highest BCUT2D eigenvalue weighted by atomic mass is 16.5. The Morgan fingerprint density at radius 1 is 0.844 bits per heavy atom. The zero-order valence-electron chi connectivity index (χ0n) is 18.7. The van der Waals surface area contributed by atoms with Crippen molar-refractivity contribution in [3.8, 4) is 5.75 Å². The van der Waals surface area contributed by atoms with Gasteiger partial charge < -0.3 is 15.0 Å². The fourth-order valence-electron chi connectivity index (χ4n) is 3.55. The average Bonchev–Trinajstić information content (AvgIpc) is 2.85. The minimum absolute atomic E-state index is 0.138. The second-order valence-corrected chi connectivity index (χ2v) is 7.61. The number of nitrogens with zero attached hydrogens (tertiary/aromatic N) is 1. The number of hydrogen-bond acceptors (Lipinski definition) is 3. The van der Waals surface area contributed by atoms with Gasteiger partial charge in [0.05, 0.1) is 0 Å². The zero-order valence-corrected chi connectivity index (χ0v) is 18.7. The Hall–Kier alpha value is -3.60. The van der Waals surface area contributed by atoms with Crippen molar-refractivity contribution in [2.24, 2.45) is 0 Å². The van der Waals surface area contributed by atoms with Gasteiger partial charge >= 0.3 is 0 Å². The topological polar surface area (TPSA) is 58.6 Å². The first-order valence-electron chi connectivity index (χ1n) is 10.9. The Bertz CT molecular complexity index is 988. The van der Waals surface area contributed by atoms with Gasteiger partial charge in [-0.15, -0.1) is 0 Å². The first-order chi connectivity index (χ1) is 15.6. The Kier molecular flexibility index (Phi) is 8.44. The van der Waals surface area contributed by atoms with E-state index in [2.05, 4.69) is 12.2 Å². The van der Waals surface area contributed by atoms with Gasteiger partial charge in [0, 0.05) is 20.0 Å². The summed E-state index contributed by atoms with van der Waals surface area (Å²) in [6.45, 7) is 2.27. The number of benzene rings is 3. The molecule has 2 amide bonds. The number of ether oxygens (including phenoxy) is 1. The van der Waals surface area contributed by atoms with Crippen LogP contribution in [0.5, 0.6) is 5.75 Å². The van der Waals surface area contributed by atoms with Crippen molar-refractivity contribution in [3.63, 3.8) is 0 Å². The van der Waals surface area contributed by atoms with Crippen LogP contribution in [0, 0.1) is 0 Å². The van der Waals surface area contributed by atoms with E-state index >= 15 is 0 Å². The maximum atomic E-state index is 13.3. The molecule has 5 heteroatoms. The first kappa shape index (κ1) is 23.1. The second kappa shape index (κ2) is 11.7. The van der Waals surface area contributed by atoms with E-state index < -0.39 is 6.04 Å². The van der Waals surface area contributed by atoms with Crippen LogP contribution in [0.15, 0.2) is 84.9 Å². The number of amides is 2. The molecule has 5 nitrogen and oxygen atoms in total. The van der Waals surface area contributed by atoms with E-state index in [0.717, 1.165) is 17.5 Å². The molecule has 1 N–H and O–H groups in total. The molecule has 32 heavy (non-hydrogen) atoms.